The Hall–Kier alpha value is 0.120. The monoisotopic (exact) mass is 324 g/mol. The summed E-state index contributed by atoms with van der Waals surface area (Å²) in [6.45, 7) is 3.07. The number of hydrogen-bond acceptors (Lipinski definition) is 3. The molecule has 1 unspecified atom stereocenters. The second-order valence-corrected chi connectivity index (χ2v) is 8.06. The van der Waals surface area contributed by atoms with Crippen molar-refractivity contribution in [2.75, 3.05) is 45.8 Å². The molecule has 1 atom stereocenters. The number of rotatable bonds is 5. The highest BCUT2D eigenvalue weighted by atomic mass is 35.5. The van der Waals surface area contributed by atoms with E-state index in [4.69, 9.17) is 16.3 Å². The molecule has 2 saturated heterocycles. The van der Waals surface area contributed by atoms with Crippen molar-refractivity contribution in [2.24, 2.45) is 11.8 Å². The van der Waals surface area contributed by atoms with Gasteiger partial charge in [-0.25, -0.2) is 0 Å². The third kappa shape index (κ3) is 3.85. The van der Waals surface area contributed by atoms with Crippen molar-refractivity contribution in [1.29, 1.82) is 0 Å². The summed E-state index contributed by atoms with van der Waals surface area (Å²) in [5, 5.41) is 0. The fraction of sp³-hybridized carbons (Fsp3) is 1.00. The van der Waals surface area contributed by atoms with Crippen LogP contribution in [-0.2, 0) is 14.9 Å². The SMILES string of the molecule is COCC1CCCN(S(=O)(=O)N2CCC(CCl)CC2)C1. The molecule has 0 bridgehead atoms. The second-order valence-electron chi connectivity index (χ2n) is 5.83. The van der Waals surface area contributed by atoms with Crippen molar-refractivity contribution in [2.45, 2.75) is 25.7 Å². The first-order valence-electron chi connectivity index (χ1n) is 7.38. The summed E-state index contributed by atoms with van der Waals surface area (Å²) in [6, 6.07) is 0. The predicted molar refractivity (Wildman–Crippen MR) is 80.1 cm³/mol. The normalized spacial score (nSPS) is 27.8. The van der Waals surface area contributed by atoms with Gasteiger partial charge in [-0.2, -0.15) is 17.0 Å². The van der Waals surface area contributed by atoms with Crippen LogP contribution in [0.2, 0.25) is 0 Å². The number of piperidine rings is 2. The largest absolute Gasteiger partial charge is 0.384 e. The van der Waals surface area contributed by atoms with E-state index in [2.05, 4.69) is 0 Å². The Kier molecular flexibility index (Phi) is 6.10. The van der Waals surface area contributed by atoms with Gasteiger partial charge in [0.1, 0.15) is 0 Å². The van der Waals surface area contributed by atoms with E-state index in [1.807, 2.05) is 0 Å². The third-order valence-corrected chi connectivity index (χ3v) is 6.77. The molecule has 20 heavy (non-hydrogen) atoms. The van der Waals surface area contributed by atoms with Crippen molar-refractivity contribution in [3.05, 3.63) is 0 Å². The zero-order chi connectivity index (χ0) is 14.6. The highest BCUT2D eigenvalue weighted by Gasteiger charge is 2.35. The summed E-state index contributed by atoms with van der Waals surface area (Å²) >= 11 is 5.85. The van der Waals surface area contributed by atoms with Gasteiger partial charge in [0.25, 0.3) is 10.2 Å². The average Bonchev–Trinajstić information content (AvgIpc) is 2.48. The lowest BCUT2D eigenvalue weighted by Crippen LogP contribution is -2.50. The summed E-state index contributed by atoms with van der Waals surface area (Å²) in [7, 11) is -1.63. The van der Waals surface area contributed by atoms with Crippen LogP contribution in [0.1, 0.15) is 25.7 Å². The first kappa shape index (κ1) is 16.5. The zero-order valence-electron chi connectivity index (χ0n) is 12.1. The van der Waals surface area contributed by atoms with Crippen LogP contribution in [0.3, 0.4) is 0 Å². The fourth-order valence-electron chi connectivity index (χ4n) is 3.07. The number of halogens is 1. The average molecular weight is 325 g/mol. The van der Waals surface area contributed by atoms with E-state index in [1.54, 1.807) is 15.7 Å². The highest BCUT2D eigenvalue weighted by molar-refractivity contribution is 7.86. The zero-order valence-corrected chi connectivity index (χ0v) is 13.7. The molecule has 0 aliphatic carbocycles. The van der Waals surface area contributed by atoms with Gasteiger partial charge in [-0.15, -0.1) is 11.6 Å². The molecule has 0 aromatic heterocycles. The lowest BCUT2D eigenvalue weighted by atomic mass is 10.0. The molecule has 2 heterocycles. The maximum Gasteiger partial charge on any atom is 0.281 e. The van der Waals surface area contributed by atoms with E-state index in [0.29, 0.717) is 50.5 Å². The van der Waals surface area contributed by atoms with E-state index in [0.717, 1.165) is 25.7 Å². The lowest BCUT2D eigenvalue weighted by Gasteiger charge is -2.37. The Labute approximate surface area is 127 Å². The summed E-state index contributed by atoms with van der Waals surface area (Å²) in [6.07, 6.45) is 3.72. The number of hydrogen-bond donors (Lipinski definition) is 0. The Morgan fingerprint density at radius 2 is 1.80 bits per heavy atom. The fourth-order valence-corrected chi connectivity index (χ4v) is 5.13. The minimum atomic E-state index is -3.30. The maximum absolute atomic E-state index is 12.7. The van der Waals surface area contributed by atoms with Gasteiger partial charge in [-0.05, 0) is 37.5 Å². The van der Waals surface area contributed by atoms with Crippen molar-refractivity contribution in [3.63, 3.8) is 0 Å². The molecule has 7 heteroatoms. The standard InChI is InChI=1S/C13H25ClN2O3S/c1-19-11-13-3-2-6-16(10-13)20(17,18)15-7-4-12(9-14)5-8-15/h12-13H,2-11H2,1H3. The highest BCUT2D eigenvalue weighted by Crippen LogP contribution is 2.25. The molecule has 2 fully saturated rings. The van der Waals surface area contributed by atoms with Crippen molar-refractivity contribution < 1.29 is 13.2 Å². The number of ether oxygens (including phenoxy) is 1. The van der Waals surface area contributed by atoms with Crippen LogP contribution in [0.4, 0.5) is 0 Å². The molecule has 0 N–H and O–H groups in total. The van der Waals surface area contributed by atoms with Crippen LogP contribution in [0.5, 0.6) is 0 Å². The van der Waals surface area contributed by atoms with Crippen LogP contribution in [-0.4, -0.2) is 62.8 Å². The topological polar surface area (TPSA) is 49.9 Å². The van der Waals surface area contributed by atoms with Crippen LogP contribution in [0.15, 0.2) is 0 Å². The molecule has 0 aromatic carbocycles. The number of methoxy groups -OCH3 is 1. The molecule has 2 aliphatic rings. The Balaban J connectivity index is 1.96. The Morgan fingerprint density at radius 3 is 2.40 bits per heavy atom. The Morgan fingerprint density at radius 1 is 1.10 bits per heavy atom. The molecule has 0 aromatic rings. The van der Waals surface area contributed by atoms with Crippen LogP contribution < -0.4 is 0 Å². The summed E-state index contributed by atoms with van der Waals surface area (Å²) < 4.78 is 33.8. The predicted octanol–water partition coefficient (Wildman–Crippen LogP) is 1.54. The van der Waals surface area contributed by atoms with Gasteiger partial charge in [0.2, 0.25) is 0 Å². The second kappa shape index (κ2) is 7.40. The molecule has 0 amide bonds. The molecule has 2 rings (SSSR count). The molecular formula is C13H25ClN2O3S. The first-order valence-corrected chi connectivity index (χ1v) is 9.31. The van der Waals surface area contributed by atoms with Gasteiger partial charge >= 0.3 is 0 Å². The van der Waals surface area contributed by atoms with Gasteiger partial charge in [0.05, 0.1) is 6.61 Å². The van der Waals surface area contributed by atoms with E-state index in [-0.39, 0.29) is 0 Å². The maximum atomic E-state index is 12.7. The van der Waals surface area contributed by atoms with Gasteiger partial charge in [-0.1, -0.05) is 0 Å². The summed E-state index contributed by atoms with van der Waals surface area (Å²) in [5.41, 5.74) is 0. The van der Waals surface area contributed by atoms with E-state index in [9.17, 15) is 8.42 Å². The summed E-state index contributed by atoms with van der Waals surface area (Å²) in [5.74, 6) is 1.42. The van der Waals surface area contributed by atoms with E-state index < -0.39 is 10.2 Å². The number of nitrogens with zero attached hydrogens (tertiary/aromatic N) is 2. The van der Waals surface area contributed by atoms with Crippen LogP contribution in [0, 0.1) is 11.8 Å². The molecule has 118 valence electrons. The van der Waals surface area contributed by atoms with Gasteiger partial charge in [-0.3, -0.25) is 0 Å². The van der Waals surface area contributed by atoms with Gasteiger partial charge < -0.3 is 4.74 Å². The minimum absolute atomic E-state index is 0.323. The van der Waals surface area contributed by atoms with Crippen molar-refractivity contribution >= 4 is 21.8 Å². The van der Waals surface area contributed by atoms with Gasteiger partial charge in [0, 0.05) is 39.2 Å². The molecule has 0 radical (unpaired) electrons. The lowest BCUT2D eigenvalue weighted by molar-refractivity contribution is 0.115. The quantitative estimate of drug-likeness (QED) is 0.721. The Bertz CT molecular complexity index is 394. The molecule has 0 saturated carbocycles. The summed E-state index contributed by atoms with van der Waals surface area (Å²) in [4.78, 5) is 0. The van der Waals surface area contributed by atoms with Crippen LogP contribution in [0.25, 0.3) is 0 Å². The minimum Gasteiger partial charge on any atom is -0.384 e. The molecule has 2 aliphatic heterocycles. The van der Waals surface area contributed by atoms with Crippen molar-refractivity contribution in [1.82, 2.24) is 8.61 Å². The molecule has 5 nitrogen and oxygen atoms in total. The molecular weight excluding hydrogens is 300 g/mol. The van der Waals surface area contributed by atoms with Crippen molar-refractivity contribution in [3.8, 4) is 0 Å². The number of alkyl halides is 1. The van der Waals surface area contributed by atoms with Crippen LogP contribution >= 0.6 is 11.6 Å². The van der Waals surface area contributed by atoms with E-state index >= 15 is 0 Å². The third-order valence-electron chi connectivity index (χ3n) is 4.33. The molecule has 0 spiro atoms. The van der Waals surface area contributed by atoms with Gasteiger partial charge in [0.15, 0.2) is 0 Å². The first-order chi connectivity index (χ1) is 9.57. The van der Waals surface area contributed by atoms with E-state index in [1.165, 1.54) is 0 Å². The smallest absolute Gasteiger partial charge is 0.281 e.